The number of likely N-dealkylation sites (tertiary alicyclic amines) is 1. The second kappa shape index (κ2) is 8.09. The maximum atomic E-state index is 12.5. The molecule has 6 nitrogen and oxygen atoms in total. The Hall–Kier alpha value is -2.76. The van der Waals surface area contributed by atoms with Crippen LogP contribution in [-0.4, -0.2) is 45.8 Å². The van der Waals surface area contributed by atoms with Gasteiger partial charge in [-0.05, 0) is 62.6 Å². The van der Waals surface area contributed by atoms with E-state index in [0.717, 1.165) is 56.5 Å². The van der Waals surface area contributed by atoms with Gasteiger partial charge in [-0.2, -0.15) is 0 Å². The molecule has 0 unspecified atom stereocenters. The number of carbonyl (C=O) groups is 2. The Morgan fingerprint density at radius 3 is 2.36 bits per heavy atom. The van der Waals surface area contributed by atoms with Crippen LogP contribution in [0.4, 0.5) is 0 Å². The minimum Gasteiger partial charge on any atom is -0.349 e. The van der Waals surface area contributed by atoms with Crippen molar-refractivity contribution in [3.63, 3.8) is 0 Å². The van der Waals surface area contributed by atoms with E-state index in [1.807, 2.05) is 24.0 Å². The van der Waals surface area contributed by atoms with Crippen molar-refractivity contribution in [1.82, 2.24) is 20.2 Å². The van der Waals surface area contributed by atoms with Crippen LogP contribution < -0.4 is 5.32 Å². The molecule has 1 saturated carbocycles. The molecule has 2 heterocycles. The van der Waals surface area contributed by atoms with Gasteiger partial charge in [-0.25, -0.2) is 4.98 Å². The van der Waals surface area contributed by atoms with E-state index in [2.05, 4.69) is 27.4 Å². The summed E-state index contributed by atoms with van der Waals surface area (Å²) in [6.45, 7) is 3.36. The van der Waals surface area contributed by atoms with E-state index < -0.39 is 0 Å². The van der Waals surface area contributed by atoms with Crippen molar-refractivity contribution in [2.24, 2.45) is 5.92 Å². The lowest BCUT2D eigenvalue weighted by Gasteiger charge is -2.31. The van der Waals surface area contributed by atoms with Gasteiger partial charge in [0.05, 0.1) is 11.9 Å². The van der Waals surface area contributed by atoms with Crippen LogP contribution in [0.2, 0.25) is 0 Å². The Balaban J connectivity index is 1.27. The average molecular weight is 378 g/mol. The molecule has 0 atom stereocenters. The molecule has 1 saturated heterocycles. The van der Waals surface area contributed by atoms with Crippen molar-refractivity contribution in [2.45, 2.75) is 45.1 Å². The predicted octanol–water partition coefficient (Wildman–Crippen LogP) is 2.77. The van der Waals surface area contributed by atoms with Crippen LogP contribution in [0.1, 0.15) is 57.8 Å². The zero-order chi connectivity index (χ0) is 19.5. The van der Waals surface area contributed by atoms with Gasteiger partial charge >= 0.3 is 0 Å². The Bertz CT molecular complexity index is 836. The molecule has 1 N–H and O–H groups in total. The molecule has 4 rings (SSSR count). The Morgan fingerprint density at radius 2 is 1.75 bits per heavy atom. The van der Waals surface area contributed by atoms with Crippen LogP contribution in [-0.2, 0) is 6.42 Å². The lowest BCUT2D eigenvalue weighted by atomic mass is 9.90. The van der Waals surface area contributed by atoms with Gasteiger partial charge in [-0.1, -0.05) is 12.1 Å². The molecule has 1 aliphatic carbocycles. The maximum Gasteiger partial charge on any atom is 0.274 e. The van der Waals surface area contributed by atoms with Gasteiger partial charge < -0.3 is 10.2 Å². The molecular weight excluding hydrogens is 352 g/mol. The molecule has 0 bridgehead atoms. The fourth-order valence-corrected chi connectivity index (χ4v) is 3.63. The van der Waals surface area contributed by atoms with Gasteiger partial charge in [0.25, 0.3) is 11.8 Å². The highest BCUT2D eigenvalue weighted by Gasteiger charge is 2.25. The topological polar surface area (TPSA) is 75.2 Å². The first kappa shape index (κ1) is 18.6. The van der Waals surface area contributed by atoms with Crippen molar-refractivity contribution in [2.75, 3.05) is 13.1 Å². The fourth-order valence-electron chi connectivity index (χ4n) is 3.63. The van der Waals surface area contributed by atoms with E-state index >= 15 is 0 Å². The molecule has 2 aromatic rings. The first-order valence-electron chi connectivity index (χ1n) is 10.1. The summed E-state index contributed by atoms with van der Waals surface area (Å²) in [5.41, 5.74) is 3.21. The number of hydrogen-bond donors (Lipinski definition) is 1. The third-order valence-corrected chi connectivity index (χ3v) is 5.55. The molecule has 1 aromatic heterocycles. The third kappa shape index (κ3) is 4.55. The first-order chi connectivity index (χ1) is 13.6. The summed E-state index contributed by atoms with van der Waals surface area (Å²) in [5.74, 6) is 0.552. The highest BCUT2D eigenvalue weighted by molar-refractivity contribution is 5.94. The van der Waals surface area contributed by atoms with Gasteiger partial charge in [-0.15, -0.1) is 0 Å². The van der Waals surface area contributed by atoms with Crippen LogP contribution in [0.15, 0.2) is 36.7 Å². The quantitative estimate of drug-likeness (QED) is 0.868. The number of aryl methyl sites for hydroxylation is 1. The number of nitrogens with zero attached hydrogens (tertiary/aromatic N) is 3. The minimum atomic E-state index is -0.0306. The maximum absolute atomic E-state index is 12.5. The molecule has 28 heavy (non-hydrogen) atoms. The SMILES string of the molecule is Cc1cnc(C(=O)N2CCC(Cc3ccc(C(=O)NC4CC4)cc3)CC2)cn1. The standard InChI is InChI=1S/C22H26N4O2/c1-15-13-24-20(14-23-15)22(28)26-10-8-17(9-11-26)12-16-2-4-18(5-3-16)21(27)25-19-6-7-19/h2-5,13-14,17,19H,6-12H2,1H3,(H,25,27). The Morgan fingerprint density at radius 1 is 1.04 bits per heavy atom. The molecule has 0 radical (unpaired) electrons. The van der Waals surface area contributed by atoms with Crippen LogP contribution in [0.25, 0.3) is 0 Å². The average Bonchev–Trinajstić information content (AvgIpc) is 3.53. The van der Waals surface area contributed by atoms with E-state index in [9.17, 15) is 9.59 Å². The van der Waals surface area contributed by atoms with Crippen molar-refractivity contribution >= 4 is 11.8 Å². The highest BCUT2D eigenvalue weighted by atomic mass is 16.2. The van der Waals surface area contributed by atoms with Gasteiger partial charge in [0, 0.05) is 30.9 Å². The molecule has 6 heteroatoms. The van der Waals surface area contributed by atoms with Crippen LogP contribution in [0.5, 0.6) is 0 Å². The smallest absolute Gasteiger partial charge is 0.274 e. The summed E-state index contributed by atoms with van der Waals surface area (Å²) in [6.07, 6.45) is 8.34. The van der Waals surface area contributed by atoms with Crippen LogP contribution in [0, 0.1) is 12.8 Å². The summed E-state index contributed by atoms with van der Waals surface area (Å²) in [4.78, 5) is 34.9. The van der Waals surface area contributed by atoms with Gasteiger partial charge in [0.15, 0.2) is 0 Å². The highest BCUT2D eigenvalue weighted by Crippen LogP contribution is 2.23. The number of aromatic nitrogens is 2. The van der Waals surface area contributed by atoms with Crippen molar-refractivity contribution < 1.29 is 9.59 Å². The van der Waals surface area contributed by atoms with E-state index in [-0.39, 0.29) is 11.8 Å². The van der Waals surface area contributed by atoms with Crippen molar-refractivity contribution in [1.29, 1.82) is 0 Å². The third-order valence-electron chi connectivity index (χ3n) is 5.55. The van der Waals surface area contributed by atoms with Crippen LogP contribution in [0.3, 0.4) is 0 Å². The number of carbonyl (C=O) groups excluding carboxylic acids is 2. The molecule has 2 amide bonds. The molecular formula is C22H26N4O2. The van der Waals surface area contributed by atoms with E-state index in [4.69, 9.17) is 0 Å². The second-order valence-corrected chi connectivity index (χ2v) is 7.93. The van der Waals surface area contributed by atoms with E-state index in [1.165, 1.54) is 5.56 Å². The monoisotopic (exact) mass is 378 g/mol. The number of amides is 2. The lowest BCUT2D eigenvalue weighted by molar-refractivity contribution is 0.0684. The molecule has 1 aromatic carbocycles. The van der Waals surface area contributed by atoms with Gasteiger partial charge in [0.1, 0.15) is 5.69 Å². The van der Waals surface area contributed by atoms with Crippen LogP contribution >= 0.6 is 0 Å². The largest absolute Gasteiger partial charge is 0.349 e. The zero-order valence-corrected chi connectivity index (χ0v) is 16.2. The summed E-state index contributed by atoms with van der Waals surface area (Å²) in [5, 5.41) is 3.02. The normalized spacial score (nSPS) is 17.4. The fraction of sp³-hybridized carbons (Fsp3) is 0.455. The molecule has 0 spiro atoms. The lowest BCUT2D eigenvalue weighted by Crippen LogP contribution is -2.39. The summed E-state index contributed by atoms with van der Waals surface area (Å²) in [7, 11) is 0. The summed E-state index contributed by atoms with van der Waals surface area (Å²) in [6, 6.07) is 8.33. The second-order valence-electron chi connectivity index (χ2n) is 7.93. The molecule has 2 aliphatic rings. The van der Waals surface area contributed by atoms with Crippen molar-refractivity contribution in [3.8, 4) is 0 Å². The van der Waals surface area contributed by atoms with Gasteiger partial charge in [-0.3, -0.25) is 14.6 Å². The van der Waals surface area contributed by atoms with E-state index in [1.54, 1.807) is 12.4 Å². The number of nitrogens with one attached hydrogen (secondary N) is 1. The zero-order valence-electron chi connectivity index (χ0n) is 16.2. The Labute approximate surface area is 165 Å². The molecule has 2 fully saturated rings. The molecule has 146 valence electrons. The predicted molar refractivity (Wildman–Crippen MR) is 106 cm³/mol. The number of piperidine rings is 1. The summed E-state index contributed by atoms with van der Waals surface area (Å²) >= 11 is 0. The number of hydrogen-bond acceptors (Lipinski definition) is 4. The first-order valence-corrected chi connectivity index (χ1v) is 10.1. The summed E-state index contributed by atoms with van der Waals surface area (Å²) < 4.78 is 0. The minimum absolute atomic E-state index is 0.0278. The molecule has 1 aliphatic heterocycles. The number of benzene rings is 1. The number of rotatable bonds is 5. The van der Waals surface area contributed by atoms with Crippen molar-refractivity contribution in [3.05, 3.63) is 59.2 Å². The Kier molecular flexibility index (Phi) is 5.37. The van der Waals surface area contributed by atoms with Gasteiger partial charge in [0.2, 0.25) is 0 Å². The van der Waals surface area contributed by atoms with E-state index in [0.29, 0.717) is 17.7 Å².